The number of tetrazole rings is 1. The minimum atomic E-state index is -0.196. The van der Waals surface area contributed by atoms with Crippen LogP contribution >= 0.6 is 0 Å². The molecule has 0 bridgehead atoms. The maximum absolute atomic E-state index is 12.2. The summed E-state index contributed by atoms with van der Waals surface area (Å²) < 4.78 is 0. The zero-order valence-electron chi connectivity index (χ0n) is 14.9. The lowest BCUT2D eigenvalue weighted by molar-refractivity contribution is -0.117. The van der Waals surface area contributed by atoms with Crippen LogP contribution in [-0.4, -0.2) is 32.7 Å². The smallest absolute Gasteiger partial charge is 0.248 e. The first kappa shape index (κ1) is 17.8. The molecule has 0 aliphatic heterocycles. The number of nitrogens with zero attached hydrogens (tertiary/aromatic N) is 4. The zero-order valence-corrected chi connectivity index (χ0v) is 14.9. The molecule has 0 aliphatic carbocycles. The van der Waals surface area contributed by atoms with Gasteiger partial charge in [-0.25, -0.2) is 0 Å². The van der Waals surface area contributed by atoms with E-state index >= 15 is 0 Å². The van der Waals surface area contributed by atoms with Crippen LogP contribution in [0.4, 0.5) is 5.69 Å². The van der Waals surface area contributed by atoms with Gasteiger partial charge in [0.25, 0.3) is 0 Å². The quantitative estimate of drug-likeness (QED) is 0.683. The standard InChI is InChI=1S/C19H22N6O/c1-3-20-12-15-5-4-6-17(11-15)21-18(26)13-25-23-19(22-24-25)16-9-7-14(2)8-10-16/h4-11,20H,3,12-13H2,1-2H3,(H,21,26). The molecule has 3 rings (SSSR count). The SMILES string of the molecule is CCNCc1cccc(NC(=O)Cn2nnc(-c3ccc(C)cc3)n2)c1. The molecule has 7 heteroatoms. The van der Waals surface area contributed by atoms with E-state index in [1.807, 2.05) is 55.5 Å². The monoisotopic (exact) mass is 350 g/mol. The highest BCUT2D eigenvalue weighted by Gasteiger charge is 2.10. The number of carbonyl (C=O) groups excluding carboxylic acids is 1. The van der Waals surface area contributed by atoms with E-state index in [2.05, 4.69) is 33.0 Å². The van der Waals surface area contributed by atoms with Crippen molar-refractivity contribution in [1.29, 1.82) is 0 Å². The first-order valence-corrected chi connectivity index (χ1v) is 8.58. The van der Waals surface area contributed by atoms with Crippen molar-refractivity contribution in [2.24, 2.45) is 0 Å². The van der Waals surface area contributed by atoms with E-state index in [4.69, 9.17) is 0 Å². The fraction of sp³-hybridized carbons (Fsp3) is 0.263. The van der Waals surface area contributed by atoms with Gasteiger partial charge in [-0.3, -0.25) is 4.79 Å². The largest absolute Gasteiger partial charge is 0.324 e. The van der Waals surface area contributed by atoms with E-state index in [-0.39, 0.29) is 12.5 Å². The molecule has 0 radical (unpaired) electrons. The Balaban J connectivity index is 1.61. The maximum atomic E-state index is 12.2. The molecule has 0 atom stereocenters. The van der Waals surface area contributed by atoms with Crippen LogP contribution in [0.15, 0.2) is 48.5 Å². The topological polar surface area (TPSA) is 84.7 Å². The maximum Gasteiger partial charge on any atom is 0.248 e. The third-order valence-electron chi connectivity index (χ3n) is 3.84. The number of hydrogen-bond acceptors (Lipinski definition) is 5. The van der Waals surface area contributed by atoms with Crippen LogP contribution < -0.4 is 10.6 Å². The van der Waals surface area contributed by atoms with Crippen molar-refractivity contribution in [3.8, 4) is 11.4 Å². The van der Waals surface area contributed by atoms with Crippen molar-refractivity contribution < 1.29 is 4.79 Å². The van der Waals surface area contributed by atoms with E-state index in [1.165, 1.54) is 4.80 Å². The minimum Gasteiger partial charge on any atom is -0.324 e. The number of carbonyl (C=O) groups is 1. The van der Waals surface area contributed by atoms with Gasteiger partial charge in [-0.05, 0) is 36.4 Å². The highest BCUT2D eigenvalue weighted by molar-refractivity contribution is 5.90. The van der Waals surface area contributed by atoms with Gasteiger partial charge in [-0.1, -0.05) is 48.9 Å². The molecule has 0 fully saturated rings. The van der Waals surface area contributed by atoms with E-state index in [0.717, 1.165) is 35.5 Å². The summed E-state index contributed by atoms with van der Waals surface area (Å²) in [6.07, 6.45) is 0. The Morgan fingerprint density at radius 3 is 2.73 bits per heavy atom. The molecule has 2 N–H and O–H groups in total. The van der Waals surface area contributed by atoms with Crippen molar-refractivity contribution in [2.75, 3.05) is 11.9 Å². The van der Waals surface area contributed by atoms with Crippen LogP contribution in [0.25, 0.3) is 11.4 Å². The molecule has 2 aromatic carbocycles. The number of nitrogens with one attached hydrogen (secondary N) is 2. The van der Waals surface area contributed by atoms with Crippen LogP contribution in [0, 0.1) is 6.92 Å². The highest BCUT2D eigenvalue weighted by Crippen LogP contribution is 2.14. The Morgan fingerprint density at radius 1 is 1.15 bits per heavy atom. The van der Waals surface area contributed by atoms with Crippen LogP contribution in [-0.2, 0) is 17.9 Å². The second kappa shape index (κ2) is 8.35. The second-order valence-corrected chi connectivity index (χ2v) is 6.04. The van der Waals surface area contributed by atoms with Crippen molar-refractivity contribution in [1.82, 2.24) is 25.5 Å². The fourth-order valence-electron chi connectivity index (χ4n) is 2.49. The van der Waals surface area contributed by atoms with Gasteiger partial charge in [-0.15, -0.1) is 10.2 Å². The molecular formula is C19H22N6O. The number of aromatic nitrogens is 4. The molecule has 1 amide bonds. The van der Waals surface area contributed by atoms with Gasteiger partial charge in [0, 0.05) is 17.8 Å². The van der Waals surface area contributed by atoms with E-state index in [1.54, 1.807) is 0 Å². The van der Waals surface area contributed by atoms with Crippen LogP contribution in [0.3, 0.4) is 0 Å². The molecule has 0 saturated carbocycles. The number of aryl methyl sites for hydroxylation is 1. The summed E-state index contributed by atoms with van der Waals surface area (Å²) in [4.78, 5) is 13.5. The summed E-state index contributed by atoms with van der Waals surface area (Å²) in [6.45, 7) is 5.76. The number of benzene rings is 2. The Morgan fingerprint density at radius 2 is 1.96 bits per heavy atom. The zero-order chi connectivity index (χ0) is 18.4. The van der Waals surface area contributed by atoms with Crippen LogP contribution in [0.1, 0.15) is 18.1 Å². The number of rotatable bonds is 7. The number of amides is 1. The first-order valence-electron chi connectivity index (χ1n) is 8.58. The molecule has 0 unspecified atom stereocenters. The van der Waals surface area contributed by atoms with Gasteiger partial charge in [0.05, 0.1) is 0 Å². The lowest BCUT2D eigenvalue weighted by Crippen LogP contribution is -2.20. The van der Waals surface area contributed by atoms with E-state index in [9.17, 15) is 4.79 Å². The van der Waals surface area contributed by atoms with Gasteiger partial charge >= 0.3 is 0 Å². The molecule has 0 aliphatic rings. The van der Waals surface area contributed by atoms with Crippen LogP contribution in [0.2, 0.25) is 0 Å². The highest BCUT2D eigenvalue weighted by atomic mass is 16.2. The van der Waals surface area contributed by atoms with Gasteiger partial charge in [0.15, 0.2) is 0 Å². The fourth-order valence-corrected chi connectivity index (χ4v) is 2.49. The van der Waals surface area contributed by atoms with Crippen molar-refractivity contribution in [3.05, 3.63) is 59.7 Å². The van der Waals surface area contributed by atoms with Crippen molar-refractivity contribution in [2.45, 2.75) is 26.9 Å². The first-order chi connectivity index (χ1) is 12.6. The molecule has 134 valence electrons. The molecule has 3 aromatic rings. The van der Waals surface area contributed by atoms with E-state index < -0.39 is 0 Å². The van der Waals surface area contributed by atoms with Crippen LogP contribution in [0.5, 0.6) is 0 Å². The lowest BCUT2D eigenvalue weighted by atomic mass is 10.1. The van der Waals surface area contributed by atoms with Gasteiger partial charge in [-0.2, -0.15) is 4.80 Å². The molecule has 7 nitrogen and oxygen atoms in total. The van der Waals surface area contributed by atoms with Gasteiger partial charge in [0.1, 0.15) is 6.54 Å². The van der Waals surface area contributed by atoms with E-state index in [0.29, 0.717) is 5.82 Å². The number of hydrogen-bond donors (Lipinski definition) is 2. The third-order valence-corrected chi connectivity index (χ3v) is 3.84. The molecular weight excluding hydrogens is 328 g/mol. The summed E-state index contributed by atoms with van der Waals surface area (Å²) in [6, 6.07) is 15.6. The lowest BCUT2D eigenvalue weighted by Gasteiger charge is -2.07. The van der Waals surface area contributed by atoms with Crippen molar-refractivity contribution in [3.63, 3.8) is 0 Å². The minimum absolute atomic E-state index is 0.0102. The molecule has 1 aromatic heterocycles. The average molecular weight is 350 g/mol. The van der Waals surface area contributed by atoms with Gasteiger partial charge in [0.2, 0.25) is 11.7 Å². The van der Waals surface area contributed by atoms with Gasteiger partial charge < -0.3 is 10.6 Å². The molecule has 0 saturated heterocycles. The molecule has 26 heavy (non-hydrogen) atoms. The molecule has 0 spiro atoms. The normalized spacial score (nSPS) is 10.7. The summed E-state index contributed by atoms with van der Waals surface area (Å²) >= 11 is 0. The number of anilines is 1. The predicted molar refractivity (Wildman–Crippen MR) is 100 cm³/mol. The summed E-state index contributed by atoms with van der Waals surface area (Å²) in [7, 11) is 0. The second-order valence-electron chi connectivity index (χ2n) is 6.04. The Kier molecular flexibility index (Phi) is 5.70. The summed E-state index contributed by atoms with van der Waals surface area (Å²) in [5.41, 5.74) is 3.91. The summed E-state index contributed by atoms with van der Waals surface area (Å²) in [5.74, 6) is 0.309. The Labute approximate surface area is 152 Å². The molecule has 1 heterocycles. The Bertz CT molecular complexity index is 872. The Hall–Kier alpha value is -3.06. The average Bonchev–Trinajstić information content (AvgIpc) is 3.09. The predicted octanol–water partition coefficient (Wildman–Crippen LogP) is 2.40. The third kappa shape index (κ3) is 4.73. The van der Waals surface area contributed by atoms with Crippen molar-refractivity contribution >= 4 is 11.6 Å². The summed E-state index contributed by atoms with van der Waals surface area (Å²) in [5, 5.41) is 18.4.